The molecule has 0 spiro atoms. The molecule has 0 aromatic rings. The lowest BCUT2D eigenvalue weighted by molar-refractivity contribution is 0.103. The van der Waals surface area contributed by atoms with Crippen LogP contribution in [0.2, 0.25) is 0 Å². The average Bonchev–Trinajstić information content (AvgIpc) is 2.03. The number of likely N-dealkylation sites (tertiary alicyclic amines) is 1. The van der Waals surface area contributed by atoms with Crippen LogP contribution in [0.5, 0.6) is 0 Å². The highest BCUT2D eigenvalue weighted by molar-refractivity contribution is 4.80. The number of hydrogen-bond acceptors (Lipinski definition) is 1. The van der Waals surface area contributed by atoms with Crippen molar-refractivity contribution < 1.29 is 0 Å². The van der Waals surface area contributed by atoms with Gasteiger partial charge in [0.2, 0.25) is 0 Å². The summed E-state index contributed by atoms with van der Waals surface area (Å²) >= 11 is 0. The maximum Gasteiger partial charge on any atom is 0.00145 e. The van der Waals surface area contributed by atoms with Crippen molar-refractivity contribution in [1.82, 2.24) is 4.90 Å². The molecule has 1 aliphatic heterocycles. The van der Waals surface area contributed by atoms with Crippen molar-refractivity contribution in [3.63, 3.8) is 0 Å². The summed E-state index contributed by atoms with van der Waals surface area (Å²) in [6, 6.07) is 0. The predicted octanol–water partition coefficient (Wildman–Crippen LogP) is 2.76. The van der Waals surface area contributed by atoms with E-state index in [4.69, 9.17) is 0 Å². The molecule has 12 heavy (non-hydrogen) atoms. The molecule has 0 bridgehead atoms. The second-order valence-corrected chi connectivity index (χ2v) is 5.10. The predicted molar refractivity (Wildman–Crippen MR) is 54.3 cm³/mol. The largest absolute Gasteiger partial charge is 0.303 e. The van der Waals surface area contributed by atoms with Gasteiger partial charge in [-0.1, -0.05) is 27.7 Å². The third-order valence-electron chi connectivity index (χ3n) is 3.18. The van der Waals surface area contributed by atoms with Crippen LogP contribution in [0, 0.1) is 11.3 Å². The molecule has 1 nitrogen and oxygen atoms in total. The fourth-order valence-corrected chi connectivity index (χ4v) is 2.05. The van der Waals surface area contributed by atoms with Crippen LogP contribution in [0.15, 0.2) is 0 Å². The molecule has 0 N–H and O–H groups in total. The Morgan fingerprint density at radius 1 is 1.33 bits per heavy atom. The summed E-state index contributed by atoms with van der Waals surface area (Å²) in [6.45, 7) is 13.3. The first-order valence-electron chi connectivity index (χ1n) is 5.26. The SMILES string of the molecule is CCN1CCC[C@@H](C(C)(C)C)C1. The van der Waals surface area contributed by atoms with E-state index in [0.717, 1.165) is 5.92 Å². The Kier molecular flexibility index (Phi) is 3.16. The Labute approximate surface area is 77.1 Å². The Morgan fingerprint density at radius 3 is 2.50 bits per heavy atom. The highest BCUT2D eigenvalue weighted by Gasteiger charge is 2.28. The third kappa shape index (κ3) is 2.48. The highest BCUT2D eigenvalue weighted by Crippen LogP contribution is 2.32. The van der Waals surface area contributed by atoms with Crippen LogP contribution in [0.25, 0.3) is 0 Å². The number of nitrogens with zero attached hydrogens (tertiary/aromatic N) is 1. The molecule has 1 heterocycles. The molecule has 0 aliphatic carbocycles. The van der Waals surface area contributed by atoms with Crippen LogP contribution < -0.4 is 0 Å². The maximum atomic E-state index is 2.58. The van der Waals surface area contributed by atoms with Crippen molar-refractivity contribution in [1.29, 1.82) is 0 Å². The van der Waals surface area contributed by atoms with E-state index >= 15 is 0 Å². The molecule has 1 heteroatoms. The fraction of sp³-hybridized carbons (Fsp3) is 1.00. The summed E-state index contributed by atoms with van der Waals surface area (Å²) in [4.78, 5) is 2.58. The van der Waals surface area contributed by atoms with Gasteiger partial charge >= 0.3 is 0 Å². The Morgan fingerprint density at radius 2 is 2.00 bits per heavy atom. The Hall–Kier alpha value is -0.0400. The van der Waals surface area contributed by atoms with Gasteiger partial charge in [-0.25, -0.2) is 0 Å². The highest BCUT2D eigenvalue weighted by atomic mass is 15.1. The van der Waals surface area contributed by atoms with Gasteiger partial charge in [0.25, 0.3) is 0 Å². The molecule has 0 aromatic heterocycles. The standard InChI is InChI=1S/C11H23N/c1-5-12-8-6-7-10(9-12)11(2,3)4/h10H,5-9H2,1-4H3/t10-/m1/s1. The zero-order chi connectivity index (χ0) is 9.19. The van der Waals surface area contributed by atoms with E-state index in [1.165, 1.54) is 32.5 Å². The van der Waals surface area contributed by atoms with Gasteiger partial charge in [-0.2, -0.15) is 0 Å². The first-order chi connectivity index (χ1) is 5.54. The topological polar surface area (TPSA) is 3.24 Å². The quantitative estimate of drug-likeness (QED) is 0.583. The van der Waals surface area contributed by atoms with E-state index in [-0.39, 0.29) is 0 Å². The van der Waals surface area contributed by atoms with Crippen LogP contribution in [-0.4, -0.2) is 24.5 Å². The molecule has 0 unspecified atom stereocenters. The summed E-state index contributed by atoms with van der Waals surface area (Å²) in [5.41, 5.74) is 0.508. The molecule has 1 aliphatic rings. The van der Waals surface area contributed by atoms with Gasteiger partial charge in [0.05, 0.1) is 0 Å². The average molecular weight is 169 g/mol. The Bertz CT molecular complexity index is 134. The van der Waals surface area contributed by atoms with E-state index in [1.807, 2.05) is 0 Å². The molecule has 1 fully saturated rings. The van der Waals surface area contributed by atoms with Crippen LogP contribution in [0.4, 0.5) is 0 Å². The molecule has 0 aromatic carbocycles. The molecule has 1 saturated heterocycles. The summed E-state index contributed by atoms with van der Waals surface area (Å²) in [7, 11) is 0. The summed E-state index contributed by atoms with van der Waals surface area (Å²) in [6.07, 6.45) is 2.83. The molecule has 72 valence electrons. The minimum atomic E-state index is 0.508. The van der Waals surface area contributed by atoms with Gasteiger partial charge < -0.3 is 4.90 Å². The summed E-state index contributed by atoms with van der Waals surface area (Å²) in [5, 5.41) is 0. The van der Waals surface area contributed by atoms with Crippen molar-refractivity contribution in [3.05, 3.63) is 0 Å². The second kappa shape index (κ2) is 3.78. The number of hydrogen-bond donors (Lipinski definition) is 0. The van der Waals surface area contributed by atoms with Crippen molar-refractivity contribution >= 4 is 0 Å². The lowest BCUT2D eigenvalue weighted by atomic mass is 9.76. The number of piperidine rings is 1. The van der Waals surface area contributed by atoms with E-state index in [2.05, 4.69) is 32.6 Å². The molecule has 0 amide bonds. The number of rotatable bonds is 1. The summed E-state index contributed by atoms with van der Waals surface area (Å²) in [5.74, 6) is 0.909. The minimum absolute atomic E-state index is 0.508. The zero-order valence-electron chi connectivity index (χ0n) is 9.06. The fourth-order valence-electron chi connectivity index (χ4n) is 2.05. The van der Waals surface area contributed by atoms with Gasteiger partial charge in [0.1, 0.15) is 0 Å². The van der Waals surface area contributed by atoms with Gasteiger partial charge in [0.15, 0.2) is 0 Å². The molecule has 1 atom stereocenters. The normalized spacial score (nSPS) is 27.5. The molecule has 0 radical (unpaired) electrons. The first kappa shape index (κ1) is 10.0. The molecule has 0 saturated carbocycles. The van der Waals surface area contributed by atoms with E-state index in [1.54, 1.807) is 0 Å². The van der Waals surface area contributed by atoms with Gasteiger partial charge in [-0.3, -0.25) is 0 Å². The van der Waals surface area contributed by atoms with E-state index in [9.17, 15) is 0 Å². The monoisotopic (exact) mass is 169 g/mol. The van der Waals surface area contributed by atoms with E-state index < -0.39 is 0 Å². The zero-order valence-corrected chi connectivity index (χ0v) is 9.06. The van der Waals surface area contributed by atoms with Crippen LogP contribution in [0.3, 0.4) is 0 Å². The molecular weight excluding hydrogens is 146 g/mol. The molecule has 1 rings (SSSR count). The Balaban J connectivity index is 2.46. The summed E-state index contributed by atoms with van der Waals surface area (Å²) < 4.78 is 0. The van der Waals surface area contributed by atoms with Gasteiger partial charge in [-0.05, 0) is 37.3 Å². The second-order valence-electron chi connectivity index (χ2n) is 5.10. The van der Waals surface area contributed by atoms with E-state index in [0.29, 0.717) is 5.41 Å². The maximum absolute atomic E-state index is 2.58. The van der Waals surface area contributed by atoms with Crippen molar-refractivity contribution in [2.24, 2.45) is 11.3 Å². The van der Waals surface area contributed by atoms with Crippen LogP contribution in [0.1, 0.15) is 40.5 Å². The van der Waals surface area contributed by atoms with Gasteiger partial charge in [-0.15, -0.1) is 0 Å². The first-order valence-corrected chi connectivity index (χ1v) is 5.26. The van der Waals surface area contributed by atoms with Crippen LogP contribution >= 0.6 is 0 Å². The van der Waals surface area contributed by atoms with Gasteiger partial charge in [0, 0.05) is 6.54 Å². The molecular formula is C11H23N. The van der Waals surface area contributed by atoms with Crippen LogP contribution in [-0.2, 0) is 0 Å². The third-order valence-corrected chi connectivity index (χ3v) is 3.18. The minimum Gasteiger partial charge on any atom is -0.303 e. The lowest BCUT2D eigenvalue weighted by Crippen LogP contribution is -2.40. The van der Waals surface area contributed by atoms with Crippen molar-refractivity contribution in [2.45, 2.75) is 40.5 Å². The van der Waals surface area contributed by atoms with Crippen molar-refractivity contribution in [3.8, 4) is 0 Å². The lowest BCUT2D eigenvalue weighted by Gasteiger charge is -2.39. The van der Waals surface area contributed by atoms with Crippen molar-refractivity contribution in [2.75, 3.05) is 19.6 Å². The smallest absolute Gasteiger partial charge is 0.00145 e.